The van der Waals surface area contributed by atoms with Crippen molar-refractivity contribution in [3.05, 3.63) is 0 Å². The van der Waals surface area contributed by atoms with Gasteiger partial charge in [0.15, 0.2) is 0 Å². The average Bonchev–Trinajstić information content (AvgIpc) is 2.76. The number of nitrogens with zero attached hydrogens (tertiary/aromatic N) is 2. The van der Waals surface area contributed by atoms with Crippen molar-refractivity contribution in [1.29, 1.82) is 0 Å². The standard InChI is InChI=1S/C15H27N3O/c1-12-5-6-13(10-16-12)15(19)18-9-3-8-17-7-2-4-14(17)11-18/h12-14,16H,2-11H2,1H3. The lowest BCUT2D eigenvalue weighted by atomic mass is 9.94. The van der Waals surface area contributed by atoms with E-state index in [0.29, 0.717) is 18.0 Å². The summed E-state index contributed by atoms with van der Waals surface area (Å²) in [6.45, 7) is 7.47. The van der Waals surface area contributed by atoms with Crippen molar-refractivity contribution in [1.82, 2.24) is 15.1 Å². The largest absolute Gasteiger partial charge is 0.341 e. The van der Waals surface area contributed by atoms with E-state index in [1.807, 2.05) is 0 Å². The number of fused-ring (bicyclic) bond motifs is 1. The fourth-order valence-electron chi connectivity index (χ4n) is 3.87. The van der Waals surface area contributed by atoms with Crippen LogP contribution in [0, 0.1) is 5.92 Å². The van der Waals surface area contributed by atoms with Crippen molar-refractivity contribution in [2.75, 3.05) is 32.7 Å². The van der Waals surface area contributed by atoms with Gasteiger partial charge in [-0.05, 0) is 45.6 Å². The lowest BCUT2D eigenvalue weighted by Gasteiger charge is -2.32. The van der Waals surface area contributed by atoms with E-state index in [2.05, 4.69) is 22.0 Å². The molecule has 0 aliphatic carbocycles. The van der Waals surface area contributed by atoms with Crippen LogP contribution in [0.4, 0.5) is 0 Å². The van der Waals surface area contributed by atoms with Crippen LogP contribution in [-0.2, 0) is 4.79 Å². The van der Waals surface area contributed by atoms with E-state index in [-0.39, 0.29) is 5.92 Å². The van der Waals surface area contributed by atoms with Gasteiger partial charge in [0.05, 0.1) is 5.92 Å². The summed E-state index contributed by atoms with van der Waals surface area (Å²) >= 11 is 0. The Hall–Kier alpha value is -0.610. The van der Waals surface area contributed by atoms with Gasteiger partial charge in [-0.25, -0.2) is 0 Å². The molecule has 0 aromatic rings. The number of carbonyl (C=O) groups excluding carboxylic acids is 1. The lowest BCUT2D eigenvalue weighted by molar-refractivity contribution is -0.136. The molecule has 3 rings (SSSR count). The lowest BCUT2D eigenvalue weighted by Crippen LogP contribution is -2.47. The molecule has 3 aliphatic rings. The number of hydrogen-bond donors (Lipinski definition) is 1. The summed E-state index contributed by atoms with van der Waals surface area (Å²) in [5.41, 5.74) is 0. The van der Waals surface area contributed by atoms with E-state index in [1.165, 1.54) is 25.9 Å². The molecule has 3 fully saturated rings. The third-order valence-electron chi connectivity index (χ3n) is 5.13. The molecule has 3 unspecified atom stereocenters. The topological polar surface area (TPSA) is 35.6 Å². The van der Waals surface area contributed by atoms with Crippen molar-refractivity contribution in [3.63, 3.8) is 0 Å². The Kier molecular flexibility index (Phi) is 4.08. The Balaban J connectivity index is 1.59. The first-order valence-electron chi connectivity index (χ1n) is 8.00. The maximum atomic E-state index is 12.7. The van der Waals surface area contributed by atoms with Crippen molar-refractivity contribution < 1.29 is 4.79 Å². The van der Waals surface area contributed by atoms with Gasteiger partial charge >= 0.3 is 0 Å². The fraction of sp³-hybridized carbons (Fsp3) is 0.933. The second-order valence-electron chi connectivity index (χ2n) is 6.55. The van der Waals surface area contributed by atoms with Crippen molar-refractivity contribution >= 4 is 5.91 Å². The fourth-order valence-corrected chi connectivity index (χ4v) is 3.87. The Morgan fingerprint density at radius 2 is 1.95 bits per heavy atom. The van der Waals surface area contributed by atoms with Crippen molar-refractivity contribution in [2.45, 2.75) is 51.1 Å². The summed E-state index contributed by atoms with van der Waals surface area (Å²) in [4.78, 5) is 17.4. The van der Waals surface area contributed by atoms with Gasteiger partial charge in [0, 0.05) is 38.3 Å². The van der Waals surface area contributed by atoms with Crippen molar-refractivity contribution in [3.8, 4) is 0 Å². The van der Waals surface area contributed by atoms with Crippen LogP contribution in [-0.4, -0.2) is 60.5 Å². The minimum atomic E-state index is 0.226. The quantitative estimate of drug-likeness (QED) is 0.770. The Bertz CT molecular complexity index is 325. The van der Waals surface area contributed by atoms with E-state index in [1.54, 1.807) is 0 Å². The number of carbonyl (C=O) groups is 1. The molecule has 3 heterocycles. The first-order chi connectivity index (χ1) is 9.24. The van der Waals surface area contributed by atoms with E-state index in [0.717, 1.165) is 38.9 Å². The molecule has 3 saturated heterocycles. The maximum absolute atomic E-state index is 12.7. The second-order valence-corrected chi connectivity index (χ2v) is 6.55. The highest BCUT2D eigenvalue weighted by Gasteiger charge is 2.33. The highest BCUT2D eigenvalue weighted by molar-refractivity contribution is 5.79. The second kappa shape index (κ2) is 5.80. The predicted molar refractivity (Wildman–Crippen MR) is 76.0 cm³/mol. The van der Waals surface area contributed by atoms with Crippen LogP contribution in [0.5, 0.6) is 0 Å². The first-order valence-corrected chi connectivity index (χ1v) is 8.00. The van der Waals surface area contributed by atoms with Crippen LogP contribution in [0.25, 0.3) is 0 Å². The number of nitrogens with one attached hydrogen (secondary N) is 1. The molecule has 0 saturated carbocycles. The molecule has 1 N–H and O–H groups in total. The van der Waals surface area contributed by atoms with Crippen LogP contribution >= 0.6 is 0 Å². The molecule has 3 atom stereocenters. The Morgan fingerprint density at radius 3 is 2.74 bits per heavy atom. The third-order valence-corrected chi connectivity index (χ3v) is 5.13. The van der Waals surface area contributed by atoms with Gasteiger partial charge in [-0.2, -0.15) is 0 Å². The SMILES string of the molecule is CC1CCC(C(=O)N2CCCN3CCCC3C2)CN1. The Labute approximate surface area is 116 Å². The molecule has 0 bridgehead atoms. The van der Waals surface area contributed by atoms with Crippen LogP contribution < -0.4 is 5.32 Å². The highest BCUT2D eigenvalue weighted by Crippen LogP contribution is 2.24. The van der Waals surface area contributed by atoms with Crippen LogP contribution in [0.2, 0.25) is 0 Å². The number of amides is 1. The van der Waals surface area contributed by atoms with Crippen LogP contribution in [0.3, 0.4) is 0 Å². The number of hydrogen-bond acceptors (Lipinski definition) is 3. The maximum Gasteiger partial charge on any atom is 0.227 e. The molecule has 108 valence electrons. The summed E-state index contributed by atoms with van der Waals surface area (Å²) in [5.74, 6) is 0.636. The number of piperidine rings is 1. The monoisotopic (exact) mass is 265 g/mol. The molecule has 0 aromatic heterocycles. The molecular weight excluding hydrogens is 238 g/mol. The van der Waals surface area contributed by atoms with Crippen LogP contribution in [0.1, 0.15) is 39.0 Å². The van der Waals surface area contributed by atoms with Gasteiger partial charge in [0.2, 0.25) is 5.91 Å². The summed E-state index contributed by atoms with van der Waals surface area (Å²) in [6.07, 6.45) is 5.95. The predicted octanol–water partition coefficient (Wildman–Crippen LogP) is 1.07. The summed E-state index contributed by atoms with van der Waals surface area (Å²) in [6, 6.07) is 1.22. The van der Waals surface area contributed by atoms with E-state index < -0.39 is 0 Å². The molecule has 0 radical (unpaired) electrons. The van der Waals surface area contributed by atoms with Gasteiger partial charge in [-0.3, -0.25) is 9.69 Å². The molecular formula is C15H27N3O. The highest BCUT2D eigenvalue weighted by atomic mass is 16.2. The molecule has 1 amide bonds. The molecule has 3 aliphatic heterocycles. The summed E-state index contributed by atoms with van der Waals surface area (Å²) in [5, 5.41) is 3.46. The Morgan fingerprint density at radius 1 is 1.11 bits per heavy atom. The van der Waals surface area contributed by atoms with Gasteiger partial charge in [0.1, 0.15) is 0 Å². The molecule has 19 heavy (non-hydrogen) atoms. The first kappa shape index (κ1) is 13.4. The summed E-state index contributed by atoms with van der Waals surface area (Å²) < 4.78 is 0. The van der Waals surface area contributed by atoms with Gasteiger partial charge in [-0.15, -0.1) is 0 Å². The molecule has 0 spiro atoms. The third kappa shape index (κ3) is 2.95. The minimum absolute atomic E-state index is 0.226. The van der Waals surface area contributed by atoms with Gasteiger partial charge < -0.3 is 10.2 Å². The van der Waals surface area contributed by atoms with E-state index >= 15 is 0 Å². The molecule has 0 aromatic carbocycles. The summed E-state index contributed by atoms with van der Waals surface area (Å²) in [7, 11) is 0. The van der Waals surface area contributed by atoms with Gasteiger partial charge in [-0.1, -0.05) is 0 Å². The zero-order valence-corrected chi connectivity index (χ0v) is 12.1. The zero-order chi connectivity index (χ0) is 13.2. The van der Waals surface area contributed by atoms with E-state index in [4.69, 9.17) is 0 Å². The van der Waals surface area contributed by atoms with Crippen molar-refractivity contribution in [2.24, 2.45) is 5.92 Å². The van der Waals surface area contributed by atoms with Crippen LogP contribution in [0.15, 0.2) is 0 Å². The molecule has 4 nitrogen and oxygen atoms in total. The normalized spacial score (nSPS) is 36.9. The molecule has 4 heteroatoms. The van der Waals surface area contributed by atoms with Gasteiger partial charge in [0.25, 0.3) is 0 Å². The minimum Gasteiger partial charge on any atom is -0.341 e. The zero-order valence-electron chi connectivity index (χ0n) is 12.1. The average molecular weight is 265 g/mol. The number of rotatable bonds is 1. The smallest absolute Gasteiger partial charge is 0.227 e. The van der Waals surface area contributed by atoms with E-state index in [9.17, 15) is 4.79 Å².